The molecule has 3 aromatic heterocycles. The first kappa shape index (κ1) is 36.8. The molecule has 5 heteroatoms. The minimum absolute atomic E-state index is 0.597. The Morgan fingerprint density at radius 3 is 1.46 bits per heavy atom. The highest BCUT2D eigenvalue weighted by Gasteiger charge is 2.22. The largest absolute Gasteiger partial charge is 0.309 e. The van der Waals surface area contributed by atoms with Crippen molar-refractivity contribution in [1.29, 1.82) is 0 Å². The van der Waals surface area contributed by atoms with E-state index in [1.54, 1.807) is 0 Å². The van der Waals surface area contributed by atoms with Crippen LogP contribution < -0.4 is 4.90 Å². The number of nitrogens with zero attached hydrogens (tertiary/aromatic N) is 5. The zero-order valence-electron chi connectivity index (χ0n) is 35.3. The quantitative estimate of drug-likeness (QED) is 0.161. The van der Waals surface area contributed by atoms with E-state index in [9.17, 15) is 0 Å². The van der Waals surface area contributed by atoms with Crippen LogP contribution in [-0.2, 0) is 0 Å². The molecule has 0 aliphatic heterocycles. The Morgan fingerprint density at radius 1 is 0.323 bits per heavy atom. The predicted octanol–water partition coefficient (Wildman–Crippen LogP) is 15.8. The maximum atomic E-state index is 5.57. The van der Waals surface area contributed by atoms with Gasteiger partial charge in [0, 0.05) is 49.6 Å². The highest BCUT2D eigenvalue weighted by Crippen LogP contribution is 2.43. The number of anilines is 3. The summed E-state index contributed by atoms with van der Waals surface area (Å²) in [6.07, 6.45) is 0. The Hall–Kier alpha value is -8.80. The number of hydrogen-bond donors (Lipinski definition) is 0. The van der Waals surface area contributed by atoms with Crippen molar-refractivity contribution in [2.45, 2.75) is 0 Å². The van der Waals surface area contributed by atoms with Crippen LogP contribution in [0, 0.1) is 0 Å². The second-order valence-corrected chi connectivity index (χ2v) is 16.6. The van der Waals surface area contributed by atoms with E-state index < -0.39 is 0 Å². The van der Waals surface area contributed by atoms with E-state index >= 15 is 0 Å². The molecule has 3 heterocycles. The minimum atomic E-state index is 0.597. The van der Waals surface area contributed by atoms with E-state index in [4.69, 9.17) is 9.97 Å². The Morgan fingerprint density at radius 2 is 0.815 bits per heavy atom. The van der Waals surface area contributed by atoms with Gasteiger partial charge in [0.25, 0.3) is 0 Å². The van der Waals surface area contributed by atoms with E-state index in [0.29, 0.717) is 5.95 Å². The third-order valence-corrected chi connectivity index (χ3v) is 12.9. The molecule has 0 saturated heterocycles. The summed E-state index contributed by atoms with van der Waals surface area (Å²) in [7, 11) is 0. The Labute approximate surface area is 375 Å². The molecule has 0 unspecified atom stereocenters. The van der Waals surface area contributed by atoms with Gasteiger partial charge < -0.3 is 9.13 Å². The monoisotopic (exact) mass is 829 g/mol. The molecule has 0 aliphatic carbocycles. The van der Waals surface area contributed by atoms with Crippen LogP contribution in [0.15, 0.2) is 237 Å². The van der Waals surface area contributed by atoms with Gasteiger partial charge >= 0.3 is 0 Å². The van der Waals surface area contributed by atoms with Gasteiger partial charge in [0.2, 0.25) is 5.95 Å². The molecule has 0 radical (unpaired) electrons. The average molecular weight is 830 g/mol. The van der Waals surface area contributed by atoms with E-state index in [2.05, 4.69) is 251 Å². The van der Waals surface area contributed by atoms with Gasteiger partial charge in [0.1, 0.15) is 0 Å². The normalized spacial score (nSPS) is 11.7. The lowest BCUT2D eigenvalue weighted by molar-refractivity contribution is 1.11. The number of rotatable bonds is 7. The van der Waals surface area contributed by atoms with E-state index in [1.165, 1.54) is 43.5 Å². The highest BCUT2D eigenvalue weighted by atomic mass is 15.3. The van der Waals surface area contributed by atoms with Crippen molar-refractivity contribution in [1.82, 2.24) is 19.1 Å². The fourth-order valence-electron chi connectivity index (χ4n) is 9.98. The lowest BCUT2D eigenvalue weighted by Crippen LogP contribution is -2.14. The Kier molecular flexibility index (Phi) is 8.46. The number of para-hydroxylation sites is 6. The van der Waals surface area contributed by atoms with Gasteiger partial charge in [-0.15, -0.1) is 0 Å². The van der Waals surface area contributed by atoms with Gasteiger partial charge in [-0.1, -0.05) is 146 Å². The molecule has 13 rings (SSSR count). The molecular formula is C60H39N5. The topological polar surface area (TPSA) is 38.9 Å². The molecule has 0 aliphatic rings. The SMILES string of the molecule is c1ccc(N(c2cc(-c3ccc4c(c3)c3ccccc3n4-c3ccccc3)c3ccccc3c2)c2nc(-c3ccc4c(c3)c3ccccc3n4-c3ccccc3)c3ccccc3n2)cc1. The maximum absolute atomic E-state index is 5.57. The maximum Gasteiger partial charge on any atom is 0.235 e. The highest BCUT2D eigenvalue weighted by molar-refractivity contribution is 6.13. The Bertz CT molecular complexity index is 3700. The predicted molar refractivity (Wildman–Crippen MR) is 271 cm³/mol. The standard InChI is InChI=1S/C60H39N5/c1-4-19-43(20-5-1)63(46-36-40-18-10-11-25-47(40)51(39-46)41-32-34-57-52(37-41)48-26-13-16-30-55(48)64(57)44-21-6-2-7-22-44)60-61-54-29-15-12-28-50(54)59(62-60)42-33-35-58-53(38-42)49-27-14-17-31-56(49)65(58)45-23-8-3-9-24-45/h1-39H. The third kappa shape index (κ3) is 6.01. The second-order valence-electron chi connectivity index (χ2n) is 16.6. The van der Waals surface area contributed by atoms with Gasteiger partial charge in [-0.05, 0) is 113 Å². The van der Waals surface area contributed by atoms with Crippen LogP contribution in [0.2, 0.25) is 0 Å². The summed E-state index contributed by atoms with van der Waals surface area (Å²) >= 11 is 0. The van der Waals surface area contributed by atoms with Crippen molar-refractivity contribution in [3.63, 3.8) is 0 Å². The number of benzene rings is 10. The van der Waals surface area contributed by atoms with Crippen LogP contribution >= 0.6 is 0 Å². The summed E-state index contributed by atoms with van der Waals surface area (Å²) in [4.78, 5) is 13.2. The van der Waals surface area contributed by atoms with E-state index in [-0.39, 0.29) is 0 Å². The van der Waals surface area contributed by atoms with Crippen molar-refractivity contribution < 1.29 is 0 Å². The zero-order chi connectivity index (χ0) is 42.8. The van der Waals surface area contributed by atoms with Gasteiger partial charge in [-0.25, -0.2) is 9.97 Å². The van der Waals surface area contributed by atoms with Crippen LogP contribution in [-0.4, -0.2) is 19.1 Å². The number of fused-ring (bicyclic) bond motifs is 8. The summed E-state index contributed by atoms with van der Waals surface area (Å²) in [6.45, 7) is 0. The summed E-state index contributed by atoms with van der Waals surface area (Å²) in [5.41, 5.74) is 14.0. The fraction of sp³-hybridized carbons (Fsp3) is 0. The van der Waals surface area contributed by atoms with Gasteiger partial charge in [-0.3, -0.25) is 4.90 Å². The Balaban J connectivity index is 1.02. The second kappa shape index (κ2) is 14.9. The van der Waals surface area contributed by atoms with Crippen molar-refractivity contribution in [2.75, 3.05) is 4.90 Å². The molecule has 0 fully saturated rings. The molecule has 5 nitrogen and oxygen atoms in total. The first-order valence-electron chi connectivity index (χ1n) is 22.1. The molecular weight excluding hydrogens is 791 g/mol. The zero-order valence-corrected chi connectivity index (χ0v) is 35.3. The van der Waals surface area contributed by atoms with Crippen LogP contribution in [0.1, 0.15) is 0 Å². The van der Waals surface area contributed by atoms with Crippen molar-refractivity contribution in [3.05, 3.63) is 237 Å². The summed E-state index contributed by atoms with van der Waals surface area (Å²) in [5.74, 6) is 0.597. The molecule has 304 valence electrons. The van der Waals surface area contributed by atoms with Crippen molar-refractivity contribution in [2.24, 2.45) is 0 Å². The van der Waals surface area contributed by atoms with Crippen LogP contribution in [0.4, 0.5) is 17.3 Å². The van der Waals surface area contributed by atoms with E-state index in [0.717, 1.165) is 66.9 Å². The molecule has 65 heavy (non-hydrogen) atoms. The van der Waals surface area contributed by atoms with Crippen molar-refractivity contribution in [3.8, 4) is 33.8 Å². The minimum Gasteiger partial charge on any atom is -0.309 e. The molecule has 0 bridgehead atoms. The first-order valence-corrected chi connectivity index (χ1v) is 22.1. The smallest absolute Gasteiger partial charge is 0.235 e. The molecule has 0 N–H and O–H groups in total. The summed E-state index contributed by atoms with van der Waals surface area (Å²) in [5, 5.41) is 8.12. The molecule has 0 atom stereocenters. The van der Waals surface area contributed by atoms with Crippen LogP contribution in [0.5, 0.6) is 0 Å². The van der Waals surface area contributed by atoms with Crippen LogP contribution in [0.3, 0.4) is 0 Å². The third-order valence-electron chi connectivity index (χ3n) is 12.9. The molecule has 0 spiro atoms. The molecule has 0 saturated carbocycles. The fourth-order valence-corrected chi connectivity index (χ4v) is 9.98. The summed E-state index contributed by atoms with van der Waals surface area (Å²) in [6, 6.07) is 84.4. The van der Waals surface area contributed by atoms with Gasteiger partial charge in [-0.2, -0.15) is 0 Å². The lowest BCUT2D eigenvalue weighted by Gasteiger charge is -2.25. The van der Waals surface area contributed by atoms with Crippen molar-refractivity contribution >= 4 is 82.6 Å². The number of hydrogen-bond acceptors (Lipinski definition) is 3. The summed E-state index contributed by atoms with van der Waals surface area (Å²) < 4.78 is 4.72. The van der Waals surface area contributed by atoms with Gasteiger partial charge in [0.15, 0.2) is 0 Å². The van der Waals surface area contributed by atoms with Gasteiger partial charge in [0.05, 0.1) is 39.0 Å². The van der Waals surface area contributed by atoms with E-state index in [1.807, 2.05) is 0 Å². The molecule has 13 aromatic rings. The molecule has 0 amide bonds. The lowest BCUT2D eigenvalue weighted by atomic mass is 9.95. The molecule has 10 aromatic carbocycles. The first-order chi connectivity index (χ1) is 32.2. The van der Waals surface area contributed by atoms with Crippen LogP contribution in [0.25, 0.3) is 99.0 Å². The average Bonchev–Trinajstić information content (AvgIpc) is 3.89. The number of aromatic nitrogens is 4.